The molecule has 3 aromatic heterocycles. The summed E-state index contributed by atoms with van der Waals surface area (Å²) in [7, 11) is 0. The third-order valence-corrected chi connectivity index (χ3v) is 11.1. The maximum Gasteiger partial charge on any atom is 0.262 e. The number of nitrogens with zero attached hydrogens (tertiary/aromatic N) is 3. The van der Waals surface area contributed by atoms with Crippen LogP contribution >= 0.6 is 66.3 Å². The number of fused-ring (bicyclic) bond motifs is 2. The minimum atomic E-state index is -0.214. The largest absolute Gasteiger partial charge is 0.274 e. The number of imide groups is 1. The van der Waals surface area contributed by atoms with Gasteiger partial charge in [-0.2, -0.15) is 8.75 Å². The highest BCUT2D eigenvalue weighted by Crippen LogP contribution is 2.48. The summed E-state index contributed by atoms with van der Waals surface area (Å²) in [6, 6.07) is 7.89. The zero-order valence-corrected chi connectivity index (χ0v) is 27.6. The molecule has 2 amide bonds. The van der Waals surface area contributed by atoms with Crippen LogP contribution in [-0.2, 0) is 0 Å². The third kappa shape index (κ3) is 6.25. The molecule has 0 aliphatic carbocycles. The van der Waals surface area contributed by atoms with Crippen LogP contribution in [0.25, 0.3) is 31.9 Å². The van der Waals surface area contributed by atoms with Gasteiger partial charge in [0, 0.05) is 27.4 Å². The Morgan fingerprint density at radius 3 is 1.49 bits per heavy atom. The molecule has 5 rings (SSSR count). The van der Waals surface area contributed by atoms with Crippen molar-refractivity contribution in [1.29, 1.82) is 0 Å². The number of benzene rings is 1. The van der Waals surface area contributed by atoms with Crippen molar-refractivity contribution < 1.29 is 9.59 Å². The molecule has 0 saturated carbocycles. The van der Waals surface area contributed by atoms with Gasteiger partial charge in [0.05, 0.1) is 30.4 Å². The average molecular weight is 710 g/mol. The van der Waals surface area contributed by atoms with Crippen LogP contribution in [0.2, 0.25) is 0 Å². The molecular weight excluding hydrogens is 678 g/mol. The van der Waals surface area contributed by atoms with Gasteiger partial charge in [0.15, 0.2) is 0 Å². The maximum absolute atomic E-state index is 13.9. The number of rotatable bonds is 14. The van der Waals surface area contributed by atoms with Crippen molar-refractivity contribution in [2.45, 2.75) is 77.6 Å². The number of thiophene rings is 2. The molecule has 1 aliphatic heterocycles. The second kappa shape index (κ2) is 13.5. The van der Waals surface area contributed by atoms with Crippen LogP contribution in [0.5, 0.6) is 0 Å². The van der Waals surface area contributed by atoms with E-state index in [1.54, 1.807) is 0 Å². The van der Waals surface area contributed by atoms with Crippen LogP contribution in [0.3, 0.4) is 0 Å². The highest BCUT2D eigenvalue weighted by atomic mass is 79.9. The molecule has 5 nitrogen and oxygen atoms in total. The lowest BCUT2D eigenvalue weighted by molar-refractivity contribution is 0.0652. The predicted octanol–water partition coefficient (Wildman–Crippen LogP) is 10.6. The van der Waals surface area contributed by atoms with E-state index in [1.807, 2.05) is 24.3 Å². The lowest BCUT2D eigenvalue weighted by atomic mass is 9.93. The quantitative estimate of drug-likeness (QED) is 0.0966. The molecule has 0 spiro atoms. The third-order valence-electron chi connectivity index (χ3n) is 7.25. The van der Waals surface area contributed by atoms with Crippen LogP contribution < -0.4 is 0 Å². The first kappa shape index (κ1) is 29.0. The summed E-state index contributed by atoms with van der Waals surface area (Å²) < 4.78 is 11.2. The van der Waals surface area contributed by atoms with Crippen molar-refractivity contribution in [2.24, 2.45) is 0 Å². The van der Waals surface area contributed by atoms with Gasteiger partial charge < -0.3 is 0 Å². The molecule has 206 valence electrons. The lowest BCUT2D eigenvalue weighted by Gasteiger charge is -2.13. The second-order valence-electron chi connectivity index (χ2n) is 9.97. The maximum atomic E-state index is 13.9. The number of hydrogen-bond donors (Lipinski definition) is 0. The van der Waals surface area contributed by atoms with E-state index in [0.29, 0.717) is 28.7 Å². The van der Waals surface area contributed by atoms with Crippen LogP contribution in [-0.4, -0.2) is 32.0 Å². The molecule has 39 heavy (non-hydrogen) atoms. The van der Waals surface area contributed by atoms with E-state index < -0.39 is 0 Å². The van der Waals surface area contributed by atoms with Gasteiger partial charge in [0.25, 0.3) is 11.8 Å². The molecule has 0 saturated heterocycles. The molecule has 0 unspecified atom stereocenters. The van der Waals surface area contributed by atoms with Gasteiger partial charge in [-0.15, -0.1) is 22.7 Å². The van der Waals surface area contributed by atoms with E-state index in [1.165, 1.54) is 78.9 Å². The Balaban J connectivity index is 1.35. The highest BCUT2D eigenvalue weighted by molar-refractivity contribution is 9.11. The van der Waals surface area contributed by atoms with Crippen LogP contribution in [0.15, 0.2) is 31.8 Å². The number of halogens is 2. The summed E-state index contributed by atoms with van der Waals surface area (Å²) in [6.07, 6.45) is 13.5. The molecule has 1 aliphatic rings. The van der Waals surface area contributed by atoms with Crippen molar-refractivity contribution in [3.05, 3.63) is 43.0 Å². The van der Waals surface area contributed by atoms with Crippen molar-refractivity contribution >= 4 is 89.1 Å². The fraction of sp³-hybridized carbons (Fsp3) is 0.448. The van der Waals surface area contributed by atoms with Gasteiger partial charge >= 0.3 is 0 Å². The number of unbranched alkanes of at least 4 members (excludes halogenated alkanes) is 10. The Morgan fingerprint density at radius 2 is 1.08 bits per heavy atom. The standard InChI is InChI=1S/C29H31Br2N3O2S3/c1-2-3-4-5-6-7-8-9-10-11-12-17-34-28(35)24-22(18-13-15-20(30)37-18)26-27(33-39-32-26)23(25(24)29(34)36)19-14-16-21(31)38-19/h13-16H,2-12,17H2,1H3. The van der Waals surface area contributed by atoms with Crippen LogP contribution in [0.4, 0.5) is 0 Å². The summed E-state index contributed by atoms with van der Waals surface area (Å²) >= 11 is 11.3. The molecular formula is C29H31Br2N3O2S3. The first-order valence-electron chi connectivity index (χ1n) is 13.7. The monoisotopic (exact) mass is 707 g/mol. The molecule has 4 heterocycles. The zero-order valence-electron chi connectivity index (χ0n) is 21.9. The van der Waals surface area contributed by atoms with Gasteiger partial charge in [0.2, 0.25) is 0 Å². The second-order valence-corrected chi connectivity index (χ2v) is 15.4. The number of aromatic nitrogens is 2. The fourth-order valence-corrected chi connectivity index (χ4v) is 8.74. The summed E-state index contributed by atoms with van der Waals surface area (Å²) in [5.41, 5.74) is 3.76. The number of carbonyl (C=O) groups excluding carboxylic acids is 2. The number of hydrogen-bond acceptors (Lipinski definition) is 7. The van der Waals surface area contributed by atoms with Crippen LogP contribution in [0.1, 0.15) is 98.3 Å². The Bertz CT molecular complexity index is 1380. The van der Waals surface area contributed by atoms with E-state index in [4.69, 9.17) is 0 Å². The van der Waals surface area contributed by atoms with Gasteiger partial charge in [-0.05, 0) is 62.5 Å². The van der Waals surface area contributed by atoms with Crippen LogP contribution in [0, 0.1) is 0 Å². The van der Waals surface area contributed by atoms with Crippen molar-refractivity contribution in [3.8, 4) is 20.9 Å². The molecule has 1 aromatic carbocycles. The predicted molar refractivity (Wildman–Crippen MR) is 171 cm³/mol. The van der Waals surface area contributed by atoms with E-state index >= 15 is 0 Å². The normalized spacial score (nSPS) is 13.3. The summed E-state index contributed by atoms with van der Waals surface area (Å²) in [5, 5.41) is 0. The smallest absolute Gasteiger partial charge is 0.262 e. The number of carbonyl (C=O) groups is 2. The Kier molecular flexibility index (Phi) is 10.0. The molecule has 0 N–H and O–H groups in total. The first-order chi connectivity index (χ1) is 19.0. The SMILES string of the molecule is CCCCCCCCCCCCCN1C(=O)c2c(c(-c3ccc(Br)s3)c3nsnc3c2-c2ccc(Br)s2)C1=O. The van der Waals surface area contributed by atoms with Gasteiger partial charge in [0.1, 0.15) is 11.0 Å². The minimum absolute atomic E-state index is 0.214. The van der Waals surface area contributed by atoms with Gasteiger partial charge in [-0.3, -0.25) is 14.5 Å². The number of amides is 2. The Morgan fingerprint density at radius 1 is 0.641 bits per heavy atom. The van der Waals surface area contributed by atoms with Gasteiger partial charge in [-0.25, -0.2) is 0 Å². The lowest BCUT2D eigenvalue weighted by Crippen LogP contribution is -2.30. The van der Waals surface area contributed by atoms with Gasteiger partial charge in [-0.1, -0.05) is 71.1 Å². The summed E-state index contributed by atoms with van der Waals surface area (Å²) in [4.78, 5) is 31.1. The van der Waals surface area contributed by atoms with Crippen molar-refractivity contribution in [2.75, 3.05) is 6.54 Å². The summed E-state index contributed by atoms with van der Waals surface area (Å²) in [5.74, 6) is -0.429. The van der Waals surface area contributed by atoms with Crippen molar-refractivity contribution in [3.63, 3.8) is 0 Å². The molecule has 0 fully saturated rings. The molecule has 0 atom stereocenters. The Hall–Kier alpha value is -1.46. The fourth-order valence-electron chi connectivity index (χ4n) is 5.31. The van der Waals surface area contributed by atoms with E-state index in [2.05, 4.69) is 47.5 Å². The molecule has 0 bridgehead atoms. The van der Waals surface area contributed by atoms with E-state index in [-0.39, 0.29) is 11.8 Å². The van der Waals surface area contributed by atoms with E-state index in [0.717, 1.165) is 59.4 Å². The minimum Gasteiger partial charge on any atom is -0.274 e. The summed E-state index contributed by atoms with van der Waals surface area (Å²) in [6.45, 7) is 2.70. The zero-order chi connectivity index (χ0) is 27.4. The Labute approximate surface area is 258 Å². The highest BCUT2D eigenvalue weighted by Gasteiger charge is 2.42. The van der Waals surface area contributed by atoms with Crippen molar-refractivity contribution in [1.82, 2.24) is 13.6 Å². The van der Waals surface area contributed by atoms with E-state index in [9.17, 15) is 9.59 Å². The molecule has 0 radical (unpaired) electrons. The first-order valence-corrected chi connectivity index (χ1v) is 17.7. The average Bonchev–Trinajstić information content (AvgIpc) is 3.71. The molecule has 4 aromatic rings. The topological polar surface area (TPSA) is 63.2 Å². The molecule has 10 heteroatoms.